The summed E-state index contributed by atoms with van der Waals surface area (Å²) in [7, 11) is 0. The number of esters is 1. The lowest BCUT2D eigenvalue weighted by Gasteiger charge is -2.31. The van der Waals surface area contributed by atoms with Crippen molar-refractivity contribution in [3.63, 3.8) is 0 Å². The van der Waals surface area contributed by atoms with Crippen LogP contribution in [0.15, 0.2) is 24.3 Å². The van der Waals surface area contributed by atoms with Crippen LogP contribution in [0.4, 0.5) is 10.5 Å². The number of primary amides is 1. The summed E-state index contributed by atoms with van der Waals surface area (Å²) in [5.41, 5.74) is 5.33. The average Bonchev–Trinajstić information content (AvgIpc) is 2.66. The van der Waals surface area contributed by atoms with Crippen LogP contribution in [0.2, 0.25) is 0 Å². The van der Waals surface area contributed by atoms with Gasteiger partial charge in [0, 0.05) is 19.2 Å². The number of nitrogens with two attached hydrogens (primary N) is 1. The highest BCUT2D eigenvalue weighted by Crippen LogP contribution is 2.28. The van der Waals surface area contributed by atoms with E-state index in [4.69, 9.17) is 10.5 Å². The summed E-state index contributed by atoms with van der Waals surface area (Å²) >= 11 is 0. The minimum atomic E-state index is -0.931. The van der Waals surface area contributed by atoms with Crippen LogP contribution in [0.1, 0.15) is 44.7 Å². The van der Waals surface area contributed by atoms with Crippen molar-refractivity contribution in [2.45, 2.75) is 45.3 Å². The number of hydrogen-bond donors (Lipinski definition) is 2. The van der Waals surface area contributed by atoms with Crippen LogP contribution in [0, 0.1) is 16.0 Å². The Labute approximate surface area is 168 Å². The summed E-state index contributed by atoms with van der Waals surface area (Å²) in [5.74, 6) is -1.48. The summed E-state index contributed by atoms with van der Waals surface area (Å²) in [6, 6.07) is 4.40. The first-order valence-corrected chi connectivity index (χ1v) is 9.46. The first-order chi connectivity index (χ1) is 13.7. The number of amides is 3. The van der Waals surface area contributed by atoms with Gasteiger partial charge in [-0.3, -0.25) is 19.7 Å². The quantitative estimate of drug-likeness (QED) is 0.402. The monoisotopic (exact) mass is 406 g/mol. The van der Waals surface area contributed by atoms with E-state index in [0.717, 1.165) is 0 Å². The molecule has 3 amide bonds. The van der Waals surface area contributed by atoms with Gasteiger partial charge in [-0.15, -0.1) is 0 Å². The van der Waals surface area contributed by atoms with Gasteiger partial charge in [-0.2, -0.15) is 0 Å². The van der Waals surface area contributed by atoms with Gasteiger partial charge in [-0.05, 0) is 26.7 Å². The predicted octanol–water partition coefficient (Wildman–Crippen LogP) is 1.88. The number of urea groups is 1. The fraction of sp³-hybridized carbons (Fsp3) is 0.526. The van der Waals surface area contributed by atoms with Crippen molar-refractivity contribution in [3.8, 4) is 0 Å². The molecule has 2 unspecified atom stereocenters. The lowest BCUT2D eigenvalue weighted by Crippen LogP contribution is -2.48. The second kappa shape index (κ2) is 9.85. The number of hydrogen-bond acceptors (Lipinski definition) is 6. The standard InChI is InChI=1S/C19H26N4O6/c1-12(2)29-17(24)10-15(14-7-3-4-8-16(14)23(27)28)21-18(25)13-6-5-9-22(11-13)19(20)26/h3-4,7-8,12-13,15H,5-6,9-11H2,1-2H3,(H2,20,26)(H,21,25). The molecule has 1 aliphatic rings. The van der Waals surface area contributed by atoms with Crippen molar-refractivity contribution in [2.24, 2.45) is 11.7 Å². The molecule has 0 radical (unpaired) electrons. The van der Waals surface area contributed by atoms with Gasteiger partial charge in [0.05, 0.1) is 35.0 Å². The molecule has 0 bridgehead atoms. The van der Waals surface area contributed by atoms with Crippen molar-refractivity contribution < 1.29 is 24.0 Å². The van der Waals surface area contributed by atoms with Crippen LogP contribution in [0.25, 0.3) is 0 Å². The Morgan fingerprint density at radius 1 is 1.34 bits per heavy atom. The van der Waals surface area contributed by atoms with Crippen molar-refractivity contribution >= 4 is 23.6 Å². The van der Waals surface area contributed by atoms with E-state index in [2.05, 4.69) is 5.32 Å². The number of piperidine rings is 1. The smallest absolute Gasteiger partial charge is 0.314 e. The highest BCUT2D eigenvalue weighted by molar-refractivity contribution is 5.82. The second-order valence-corrected chi connectivity index (χ2v) is 7.24. The number of nitro benzene ring substituents is 1. The zero-order chi connectivity index (χ0) is 21.6. The van der Waals surface area contributed by atoms with Crippen molar-refractivity contribution in [1.29, 1.82) is 0 Å². The SMILES string of the molecule is CC(C)OC(=O)CC(NC(=O)C1CCCN(C(N)=O)C1)c1ccccc1[N+](=O)[O-]. The van der Waals surface area contributed by atoms with Crippen LogP contribution < -0.4 is 11.1 Å². The van der Waals surface area contributed by atoms with Gasteiger partial charge in [-0.1, -0.05) is 18.2 Å². The van der Waals surface area contributed by atoms with E-state index in [0.29, 0.717) is 19.4 Å². The molecule has 10 nitrogen and oxygen atoms in total. The van der Waals surface area contributed by atoms with E-state index in [9.17, 15) is 24.5 Å². The summed E-state index contributed by atoms with van der Waals surface area (Å²) in [6.45, 7) is 4.03. The van der Waals surface area contributed by atoms with Crippen LogP contribution >= 0.6 is 0 Å². The van der Waals surface area contributed by atoms with E-state index in [1.165, 1.54) is 23.1 Å². The lowest BCUT2D eigenvalue weighted by atomic mass is 9.95. The van der Waals surface area contributed by atoms with E-state index in [1.54, 1.807) is 19.9 Å². The molecule has 10 heteroatoms. The first-order valence-electron chi connectivity index (χ1n) is 9.46. The second-order valence-electron chi connectivity index (χ2n) is 7.24. The number of nitro groups is 1. The maximum atomic E-state index is 12.8. The Balaban J connectivity index is 2.23. The van der Waals surface area contributed by atoms with E-state index in [-0.39, 0.29) is 30.3 Å². The molecule has 2 rings (SSSR count). The molecular weight excluding hydrogens is 380 g/mol. The molecule has 2 atom stereocenters. The third kappa shape index (κ3) is 6.16. The van der Waals surface area contributed by atoms with Gasteiger partial charge in [0.2, 0.25) is 5.91 Å². The van der Waals surface area contributed by atoms with E-state index < -0.39 is 34.8 Å². The van der Waals surface area contributed by atoms with Crippen LogP contribution in [0.5, 0.6) is 0 Å². The molecule has 1 saturated heterocycles. The van der Waals surface area contributed by atoms with Gasteiger partial charge < -0.3 is 20.7 Å². The van der Waals surface area contributed by atoms with Crippen molar-refractivity contribution in [1.82, 2.24) is 10.2 Å². The number of nitrogens with one attached hydrogen (secondary N) is 1. The molecule has 1 aliphatic heterocycles. The fourth-order valence-corrected chi connectivity index (χ4v) is 3.35. The van der Waals surface area contributed by atoms with Crippen LogP contribution in [-0.2, 0) is 14.3 Å². The van der Waals surface area contributed by atoms with Crippen molar-refractivity contribution in [3.05, 3.63) is 39.9 Å². The number of carbonyl (C=O) groups is 3. The molecule has 0 spiro atoms. The molecule has 158 valence electrons. The average molecular weight is 406 g/mol. The number of rotatable bonds is 7. The van der Waals surface area contributed by atoms with Crippen molar-refractivity contribution in [2.75, 3.05) is 13.1 Å². The molecule has 0 aliphatic carbocycles. The molecule has 3 N–H and O–H groups in total. The Bertz CT molecular complexity index is 782. The molecule has 1 aromatic rings. The largest absolute Gasteiger partial charge is 0.463 e. The highest BCUT2D eigenvalue weighted by atomic mass is 16.6. The molecule has 1 aromatic carbocycles. The van der Waals surface area contributed by atoms with Crippen LogP contribution in [-0.4, -0.2) is 46.9 Å². The third-order valence-electron chi connectivity index (χ3n) is 4.67. The lowest BCUT2D eigenvalue weighted by molar-refractivity contribution is -0.385. The minimum absolute atomic E-state index is 0.168. The Morgan fingerprint density at radius 3 is 2.66 bits per heavy atom. The van der Waals surface area contributed by atoms with Gasteiger partial charge in [0.15, 0.2) is 0 Å². The Morgan fingerprint density at radius 2 is 2.03 bits per heavy atom. The summed E-state index contributed by atoms with van der Waals surface area (Å²) in [6.07, 6.45) is 0.565. The summed E-state index contributed by atoms with van der Waals surface area (Å²) < 4.78 is 5.15. The third-order valence-corrected chi connectivity index (χ3v) is 4.67. The van der Waals surface area contributed by atoms with Crippen LogP contribution in [0.3, 0.4) is 0 Å². The maximum Gasteiger partial charge on any atom is 0.314 e. The molecule has 29 heavy (non-hydrogen) atoms. The Hall–Kier alpha value is -3.17. The van der Waals surface area contributed by atoms with E-state index >= 15 is 0 Å². The number of nitrogens with zero attached hydrogens (tertiary/aromatic N) is 2. The molecule has 0 saturated carbocycles. The van der Waals surface area contributed by atoms with Gasteiger partial charge >= 0.3 is 12.0 Å². The summed E-state index contributed by atoms with van der Waals surface area (Å²) in [4.78, 5) is 48.7. The Kier molecular flexibility index (Phi) is 7.52. The zero-order valence-corrected chi connectivity index (χ0v) is 16.5. The molecular formula is C19H26N4O6. The number of carbonyl (C=O) groups excluding carboxylic acids is 3. The number of ether oxygens (including phenoxy) is 1. The molecule has 1 fully saturated rings. The maximum absolute atomic E-state index is 12.8. The predicted molar refractivity (Wildman–Crippen MR) is 104 cm³/mol. The summed E-state index contributed by atoms with van der Waals surface area (Å²) in [5, 5.41) is 14.2. The molecule has 1 heterocycles. The normalized spacial score (nSPS) is 17.5. The number of likely N-dealkylation sites (tertiary alicyclic amines) is 1. The number of benzene rings is 1. The van der Waals surface area contributed by atoms with E-state index in [1.807, 2.05) is 0 Å². The highest BCUT2D eigenvalue weighted by Gasteiger charge is 2.32. The fourth-order valence-electron chi connectivity index (χ4n) is 3.35. The van der Waals surface area contributed by atoms with Gasteiger partial charge in [0.1, 0.15) is 0 Å². The van der Waals surface area contributed by atoms with Gasteiger partial charge in [0.25, 0.3) is 5.69 Å². The minimum Gasteiger partial charge on any atom is -0.463 e. The number of para-hydroxylation sites is 1. The first kappa shape index (κ1) is 22.1. The molecule has 0 aromatic heterocycles. The topological polar surface area (TPSA) is 145 Å². The zero-order valence-electron chi connectivity index (χ0n) is 16.5. The van der Waals surface area contributed by atoms with Gasteiger partial charge in [-0.25, -0.2) is 4.79 Å².